The second-order valence-electron chi connectivity index (χ2n) is 5.90. The van der Waals surface area contributed by atoms with E-state index in [1.165, 1.54) is 5.56 Å². The summed E-state index contributed by atoms with van der Waals surface area (Å²) in [5, 5.41) is 7.51. The van der Waals surface area contributed by atoms with Gasteiger partial charge in [0.05, 0.1) is 12.1 Å². The molecule has 4 nitrogen and oxygen atoms in total. The summed E-state index contributed by atoms with van der Waals surface area (Å²) in [7, 11) is 0. The number of ether oxygens (including phenoxy) is 1. The minimum absolute atomic E-state index is 0.0395. The summed E-state index contributed by atoms with van der Waals surface area (Å²) in [5.41, 5.74) is 1.06. The molecule has 19 heavy (non-hydrogen) atoms. The average molecular weight is 280 g/mol. The standard InChI is InChI=1S/C14H20N2O2S/c1-14(2)7-11(3-5-18-14)16-12(17)8-15-13(16)10-4-6-19-9-10/h4,6,9,11,13,15H,3,5,7-8H2,1-2H3. The van der Waals surface area contributed by atoms with Crippen LogP contribution < -0.4 is 5.32 Å². The lowest BCUT2D eigenvalue weighted by Gasteiger charge is -2.41. The van der Waals surface area contributed by atoms with Gasteiger partial charge in [-0.15, -0.1) is 0 Å². The fraction of sp³-hybridized carbons (Fsp3) is 0.643. The first kappa shape index (κ1) is 13.1. The minimum atomic E-state index is -0.134. The monoisotopic (exact) mass is 280 g/mol. The zero-order valence-electron chi connectivity index (χ0n) is 11.4. The molecule has 2 fully saturated rings. The summed E-state index contributed by atoms with van der Waals surface area (Å²) in [6.45, 7) is 5.38. The van der Waals surface area contributed by atoms with Crippen LogP contribution in [0.4, 0.5) is 0 Å². The topological polar surface area (TPSA) is 41.6 Å². The van der Waals surface area contributed by atoms with Crippen molar-refractivity contribution in [1.29, 1.82) is 0 Å². The van der Waals surface area contributed by atoms with Gasteiger partial charge in [-0.1, -0.05) is 0 Å². The Balaban J connectivity index is 1.82. The number of carbonyl (C=O) groups is 1. The number of carbonyl (C=O) groups excluding carboxylic acids is 1. The first-order valence-corrected chi connectivity index (χ1v) is 7.72. The molecule has 0 aliphatic carbocycles. The normalized spacial score (nSPS) is 30.8. The van der Waals surface area contributed by atoms with Gasteiger partial charge < -0.3 is 9.64 Å². The minimum Gasteiger partial charge on any atom is -0.375 e. The third kappa shape index (κ3) is 2.55. The Hall–Kier alpha value is -0.910. The van der Waals surface area contributed by atoms with Gasteiger partial charge in [-0.2, -0.15) is 11.3 Å². The molecule has 2 aliphatic rings. The molecule has 0 bridgehead atoms. The Morgan fingerprint density at radius 1 is 1.53 bits per heavy atom. The largest absolute Gasteiger partial charge is 0.375 e. The molecule has 2 unspecified atom stereocenters. The Labute approximate surface area is 117 Å². The number of thiophene rings is 1. The smallest absolute Gasteiger partial charge is 0.238 e. The van der Waals surface area contributed by atoms with Crippen molar-refractivity contribution in [3.8, 4) is 0 Å². The van der Waals surface area contributed by atoms with E-state index in [9.17, 15) is 4.79 Å². The molecule has 5 heteroatoms. The Morgan fingerprint density at radius 2 is 2.37 bits per heavy atom. The van der Waals surface area contributed by atoms with Crippen LogP contribution in [0.15, 0.2) is 16.8 Å². The Bertz CT molecular complexity index is 458. The van der Waals surface area contributed by atoms with Crippen LogP contribution in [0, 0.1) is 0 Å². The summed E-state index contributed by atoms with van der Waals surface area (Å²) in [4.78, 5) is 14.3. The van der Waals surface area contributed by atoms with E-state index in [2.05, 4.69) is 36.0 Å². The highest BCUT2D eigenvalue weighted by atomic mass is 32.1. The maximum atomic E-state index is 12.2. The van der Waals surface area contributed by atoms with Gasteiger partial charge in [-0.05, 0) is 49.1 Å². The van der Waals surface area contributed by atoms with Crippen molar-refractivity contribution in [2.24, 2.45) is 0 Å². The fourth-order valence-electron chi connectivity index (χ4n) is 3.08. The van der Waals surface area contributed by atoms with Crippen LogP contribution in [0.1, 0.15) is 38.4 Å². The van der Waals surface area contributed by atoms with Crippen LogP contribution in [0.2, 0.25) is 0 Å². The molecule has 0 spiro atoms. The van der Waals surface area contributed by atoms with Crippen molar-refractivity contribution >= 4 is 17.2 Å². The second kappa shape index (κ2) is 4.89. The molecule has 1 aromatic rings. The molecule has 0 saturated carbocycles. The summed E-state index contributed by atoms with van der Waals surface area (Å²) in [5.74, 6) is 0.207. The molecular formula is C14H20N2O2S. The number of nitrogens with one attached hydrogen (secondary N) is 1. The zero-order chi connectivity index (χ0) is 13.5. The van der Waals surface area contributed by atoms with Crippen LogP contribution in [0.25, 0.3) is 0 Å². The number of rotatable bonds is 2. The van der Waals surface area contributed by atoms with Gasteiger partial charge in [0.25, 0.3) is 0 Å². The van der Waals surface area contributed by atoms with E-state index in [1.807, 2.05) is 4.90 Å². The number of hydrogen-bond donors (Lipinski definition) is 1. The van der Waals surface area contributed by atoms with Crippen molar-refractivity contribution in [2.75, 3.05) is 13.2 Å². The van der Waals surface area contributed by atoms with E-state index in [-0.39, 0.29) is 23.7 Å². The van der Waals surface area contributed by atoms with Gasteiger partial charge in [0.2, 0.25) is 5.91 Å². The third-order valence-corrected chi connectivity index (χ3v) is 4.64. The fourth-order valence-corrected chi connectivity index (χ4v) is 3.76. The van der Waals surface area contributed by atoms with Crippen LogP contribution in [-0.2, 0) is 9.53 Å². The van der Waals surface area contributed by atoms with Crippen molar-refractivity contribution in [2.45, 2.75) is 44.5 Å². The molecule has 1 aromatic heterocycles. The molecule has 0 radical (unpaired) electrons. The molecule has 0 aromatic carbocycles. The lowest BCUT2D eigenvalue weighted by Crippen LogP contribution is -2.48. The highest BCUT2D eigenvalue weighted by Gasteiger charge is 2.41. The van der Waals surface area contributed by atoms with Gasteiger partial charge in [-0.25, -0.2) is 0 Å². The summed E-state index contributed by atoms with van der Waals surface area (Å²) < 4.78 is 5.76. The first-order chi connectivity index (χ1) is 9.07. The zero-order valence-corrected chi connectivity index (χ0v) is 12.2. The molecule has 2 saturated heterocycles. The third-order valence-electron chi connectivity index (χ3n) is 3.94. The highest BCUT2D eigenvalue weighted by Crippen LogP contribution is 2.34. The van der Waals surface area contributed by atoms with E-state index in [0.29, 0.717) is 6.54 Å². The van der Waals surface area contributed by atoms with Crippen molar-refractivity contribution in [3.63, 3.8) is 0 Å². The highest BCUT2D eigenvalue weighted by molar-refractivity contribution is 7.07. The molecule has 2 aliphatic heterocycles. The van der Waals surface area contributed by atoms with Crippen LogP contribution in [0.5, 0.6) is 0 Å². The molecule has 3 heterocycles. The second-order valence-corrected chi connectivity index (χ2v) is 6.68. The van der Waals surface area contributed by atoms with E-state index in [1.54, 1.807) is 11.3 Å². The number of amides is 1. The number of hydrogen-bond acceptors (Lipinski definition) is 4. The first-order valence-electron chi connectivity index (χ1n) is 6.77. The maximum absolute atomic E-state index is 12.2. The summed E-state index contributed by atoms with van der Waals surface area (Å²) in [6, 6.07) is 2.37. The molecule has 1 amide bonds. The van der Waals surface area contributed by atoms with E-state index < -0.39 is 0 Å². The molecular weight excluding hydrogens is 260 g/mol. The van der Waals surface area contributed by atoms with Gasteiger partial charge in [0.15, 0.2) is 0 Å². The van der Waals surface area contributed by atoms with Crippen molar-refractivity contribution in [1.82, 2.24) is 10.2 Å². The molecule has 3 rings (SSSR count). The van der Waals surface area contributed by atoms with Gasteiger partial charge >= 0.3 is 0 Å². The Kier molecular flexibility index (Phi) is 3.37. The lowest BCUT2D eigenvalue weighted by molar-refractivity contribution is -0.137. The van der Waals surface area contributed by atoms with Crippen LogP contribution >= 0.6 is 11.3 Å². The lowest BCUT2D eigenvalue weighted by atomic mass is 9.92. The van der Waals surface area contributed by atoms with Crippen LogP contribution in [0.3, 0.4) is 0 Å². The predicted octanol–water partition coefficient (Wildman–Crippen LogP) is 2.14. The van der Waals surface area contributed by atoms with E-state index in [4.69, 9.17) is 4.74 Å². The summed E-state index contributed by atoms with van der Waals surface area (Å²) in [6.07, 6.45) is 1.87. The van der Waals surface area contributed by atoms with Gasteiger partial charge in [0, 0.05) is 12.6 Å². The maximum Gasteiger partial charge on any atom is 0.238 e. The predicted molar refractivity (Wildman–Crippen MR) is 75.0 cm³/mol. The van der Waals surface area contributed by atoms with E-state index in [0.717, 1.165) is 19.4 Å². The van der Waals surface area contributed by atoms with Gasteiger partial charge in [0.1, 0.15) is 6.17 Å². The van der Waals surface area contributed by atoms with Crippen LogP contribution in [-0.4, -0.2) is 35.6 Å². The average Bonchev–Trinajstić information content (AvgIpc) is 2.96. The SMILES string of the molecule is CC1(C)CC(N2C(=O)CNC2c2ccsc2)CCO1. The quantitative estimate of drug-likeness (QED) is 0.902. The summed E-state index contributed by atoms with van der Waals surface area (Å²) >= 11 is 1.67. The van der Waals surface area contributed by atoms with E-state index >= 15 is 0 Å². The molecule has 104 valence electrons. The Morgan fingerprint density at radius 3 is 3.05 bits per heavy atom. The van der Waals surface area contributed by atoms with Gasteiger partial charge in [-0.3, -0.25) is 10.1 Å². The van der Waals surface area contributed by atoms with Crippen molar-refractivity contribution < 1.29 is 9.53 Å². The molecule has 1 N–H and O–H groups in total. The number of nitrogens with zero attached hydrogens (tertiary/aromatic N) is 1. The van der Waals surface area contributed by atoms with Crippen molar-refractivity contribution in [3.05, 3.63) is 22.4 Å². The molecule has 2 atom stereocenters.